The summed E-state index contributed by atoms with van der Waals surface area (Å²) in [7, 11) is 4.14. The molecule has 0 fully saturated rings. The summed E-state index contributed by atoms with van der Waals surface area (Å²) in [6, 6.07) is 11.2. The van der Waals surface area contributed by atoms with Crippen molar-refractivity contribution in [2.45, 2.75) is 25.9 Å². The molecule has 2 aromatic rings. The van der Waals surface area contributed by atoms with E-state index in [1.54, 1.807) is 6.33 Å². The fourth-order valence-corrected chi connectivity index (χ4v) is 2.99. The van der Waals surface area contributed by atoms with Crippen LogP contribution in [0.4, 0.5) is 11.6 Å². The minimum atomic E-state index is 0.439. The molecule has 3 rings (SSSR count). The summed E-state index contributed by atoms with van der Waals surface area (Å²) in [6.45, 7) is 5.03. The highest BCUT2D eigenvalue weighted by Crippen LogP contribution is 2.27. The van der Waals surface area contributed by atoms with E-state index in [1.807, 2.05) is 0 Å². The second-order valence-corrected chi connectivity index (χ2v) is 6.44. The van der Waals surface area contributed by atoms with Crippen LogP contribution in [0.2, 0.25) is 0 Å². The van der Waals surface area contributed by atoms with Gasteiger partial charge in [-0.15, -0.1) is 0 Å². The molecule has 0 radical (unpaired) electrons. The number of rotatable bonds is 5. The molecule has 0 bridgehead atoms. The molecular weight excluding hydrogens is 286 g/mol. The van der Waals surface area contributed by atoms with E-state index in [9.17, 15) is 0 Å². The van der Waals surface area contributed by atoms with Crippen molar-refractivity contribution in [1.29, 1.82) is 0 Å². The van der Waals surface area contributed by atoms with Crippen molar-refractivity contribution in [2.24, 2.45) is 0 Å². The lowest BCUT2D eigenvalue weighted by Gasteiger charge is -2.35. The Kier molecular flexibility index (Phi) is 4.76. The Balaban J connectivity index is 1.74. The Labute approximate surface area is 138 Å². The van der Waals surface area contributed by atoms with Gasteiger partial charge in [-0.1, -0.05) is 24.3 Å². The van der Waals surface area contributed by atoms with Crippen molar-refractivity contribution >= 4 is 11.6 Å². The molecule has 23 heavy (non-hydrogen) atoms. The monoisotopic (exact) mass is 311 g/mol. The van der Waals surface area contributed by atoms with E-state index in [1.165, 1.54) is 11.1 Å². The summed E-state index contributed by atoms with van der Waals surface area (Å²) in [5.41, 5.74) is 2.85. The Morgan fingerprint density at radius 1 is 1.22 bits per heavy atom. The number of hydrogen-bond donors (Lipinski definition) is 1. The molecule has 5 nitrogen and oxygen atoms in total. The number of anilines is 2. The van der Waals surface area contributed by atoms with Gasteiger partial charge in [0.15, 0.2) is 0 Å². The molecule has 0 aliphatic carbocycles. The molecule has 1 aromatic heterocycles. The second kappa shape index (κ2) is 6.96. The highest BCUT2D eigenvalue weighted by molar-refractivity contribution is 5.51. The molecule has 1 aromatic carbocycles. The normalized spacial score (nSPS) is 17.2. The van der Waals surface area contributed by atoms with Gasteiger partial charge in [0.25, 0.3) is 0 Å². The predicted molar refractivity (Wildman–Crippen MR) is 94.9 cm³/mol. The predicted octanol–water partition coefficient (Wildman–Crippen LogP) is 2.40. The van der Waals surface area contributed by atoms with E-state index in [0.29, 0.717) is 6.04 Å². The zero-order valence-corrected chi connectivity index (χ0v) is 14.2. The molecule has 0 saturated heterocycles. The minimum Gasteiger partial charge on any atom is -0.369 e. The van der Waals surface area contributed by atoms with Crippen LogP contribution in [0.15, 0.2) is 36.7 Å². The number of fused-ring (bicyclic) bond motifs is 1. The van der Waals surface area contributed by atoms with Gasteiger partial charge in [-0.3, -0.25) is 0 Å². The van der Waals surface area contributed by atoms with Gasteiger partial charge in [0.1, 0.15) is 18.0 Å². The van der Waals surface area contributed by atoms with Gasteiger partial charge in [-0.05, 0) is 38.6 Å². The van der Waals surface area contributed by atoms with Gasteiger partial charge in [0, 0.05) is 31.7 Å². The van der Waals surface area contributed by atoms with Crippen LogP contribution in [0.1, 0.15) is 18.1 Å². The SMILES string of the molecule is C[C@H]1Cc2ccccc2CN1c1cc(NCCN(C)C)ncn1. The van der Waals surface area contributed by atoms with E-state index in [-0.39, 0.29) is 0 Å². The van der Waals surface area contributed by atoms with Crippen molar-refractivity contribution in [3.8, 4) is 0 Å². The fraction of sp³-hybridized carbons (Fsp3) is 0.444. The molecular formula is C18H25N5. The molecule has 122 valence electrons. The van der Waals surface area contributed by atoms with Crippen molar-refractivity contribution in [3.63, 3.8) is 0 Å². The number of nitrogens with zero attached hydrogens (tertiary/aromatic N) is 4. The Hall–Kier alpha value is -2.14. The lowest BCUT2D eigenvalue weighted by atomic mass is 9.95. The average molecular weight is 311 g/mol. The van der Waals surface area contributed by atoms with Gasteiger partial charge < -0.3 is 15.1 Å². The van der Waals surface area contributed by atoms with E-state index in [4.69, 9.17) is 0 Å². The van der Waals surface area contributed by atoms with Gasteiger partial charge >= 0.3 is 0 Å². The zero-order valence-electron chi connectivity index (χ0n) is 14.2. The molecule has 5 heteroatoms. The number of likely N-dealkylation sites (N-methyl/N-ethyl adjacent to an activating group) is 1. The summed E-state index contributed by atoms with van der Waals surface area (Å²) in [5.74, 6) is 1.89. The standard InChI is InChI=1S/C18H25N5/c1-14-10-15-6-4-5-7-16(15)12-23(14)18-11-17(20-13-21-18)19-8-9-22(2)3/h4-7,11,13-14H,8-10,12H2,1-3H3,(H,19,20,21)/t14-/m0/s1. The highest BCUT2D eigenvalue weighted by atomic mass is 15.2. The number of benzene rings is 1. The summed E-state index contributed by atoms with van der Waals surface area (Å²) < 4.78 is 0. The maximum Gasteiger partial charge on any atom is 0.134 e. The zero-order chi connectivity index (χ0) is 16.2. The molecule has 0 saturated carbocycles. The lowest BCUT2D eigenvalue weighted by molar-refractivity contribution is 0.425. The van der Waals surface area contributed by atoms with Crippen molar-refractivity contribution in [1.82, 2.24) is 14.9 Å². The summed E-state index contributed by atoms with van der Waals surface area (Å²) in [5, 5.41) is 3.37. The molecule has 2 heterocycles. The van der Waals surface area contributed by atoms with Gasteiger partial charge in [-0.25, -0.2) is 9.97 Å². The molecule has 1 aliphatic heterocycles. The van der Waals surface area contributed by atoms with Crippen molar-refractivity contribution < 1.29 is 0 Å². The van der Waals surface area contributed by atoms with Crippen LogP contribution in [0.3, 0.4) is 0 Å². The second-order valence-electron chi connectivity index (χ2n) is 6.44. The first-order valence-corrected chi connectivity index (χ1v) is 8.17. The highest BCUT2D eigenvalue weighted by Gasteiger charge is 2.23. The number of hydrogen-bond acceptors (Lipinski definition) is 5. The van der Waals surface area contributed by atoms with Crippen LogP contribution in [0, 0.1) is 0 Å². The van der Waals surface area contributed by atoms with Gasteiger partial charge in [0.2, 0.25) is 0 Å². The van der Waals surface area contributed by atoms with Crippen molar-refractivity contribution in [2.75, 3.05) is 37.4 Å². The Morgan fingerprint density at radius 2 is 2.00 bits per heavy atom. The van der Waals surface area contributed by atoms with Crippen LogP contribution < -0.4 is 10.2 Å². The van der Waals surface area contributed by atoms with Crippen LogP contribution in [0.5, 0.6) is 0 Å². The van der Waals surface area contributed by atoms with E-state index >= 15 is 0 Å². The fourth-order valence-electron chi connectivity index (χ4n) is 2.99. The first kappa shape index (κ1) is 15.7. The van der Waals surface area contributed by atoms with Crippen LogP contribution in [-0.4, -0.2) is 48.1 Å². The van der Waals surface area contributed by atoms with E-state index < -0.39 is 0 Å². The molecule has 1 aliphatic rings. The maximum absolute atomic E-state index is 4.49. The molecule has 1 atom stereocenters. The smallest absolute Gasteiger partial charge is 0.134 e. The maximum atomic E-state index is 4.49. The van der Waals surface area contributed by atoms with Crippen LogP contribution in [0.25, 0.3) is 0 Å². The van der Waals surface area contributed by atoms with E-state index in [0.717, 1.165) is 37.7 Å². The third-order valence-corrected chi connectivity index (χ3v) is 4.32. The van der Waals surface area contributed by atoms with Crippen molar-refractivity contribution in [3.05, 3.63) is 47.8 Å². The van der Waals surface area contributed by atoms with Gasteiger partial charge in [-0.2, -0.15) is 0 Å². The van der Waals surface area contributed by atoms with E-state index in [2.05, 4.69) is 76.4 Å². The molecule has 0 amide bonds. The Bertz CT molecular complexity index is 655. The summed E-state index contributed by atoms with van der Waals surface area (Å²) in [6.07, 6.45) is 2.71. The largest absolute Gasteiger partial charge is 0.369 e. The van der Waals surface area contributed by atoms with Gasteiger partial charge in [0.05, 0.1) is 0 Å². The molecule has 0 spiro atoms. The van der Waals surface area contributed by atoms with Crippen LogP contribution in [-0.2, 0) is 13.0 Å². The summed E-state index contributed by atoms with van der Waals surface area (Å²) in [4.78, 5) is 13.3. The first-order chi connectivity index (χ1) is 11.1. The topological polar surface area (TPSA) is 44.3 Å². The quantitative estimate of drug-likeness (QED) is 0.918. The third-order valence-electron chi connectivity index (χ3n) is 4.32. The average Bonchev–Trinajstić information content (AvgIpc) is 2.54. The Morgan fingerprint density at radius 3 is 2.78 bits per heavy atom. The molecule has 1 N–H and O–H groups in total. The molecule has 0 unspecified atom stereocenters. The first-order valence-electron chi connectivity index (χ1n) is 8.17. The number of aromatic nitrogens is 2. The number of nitrogens with one attached hydrogen (secondary N) is 1. The minimum absolute atomic E-state index is 0.439. The summed E-state index contributed by atoms with van der Waals surface area (Å²) >= 11 is 0. The van der Waals surface area contributed by atoms with Crippen LogP contribution >= 0.6 is 0 Å². The lowest BCUT2D eigenvalue weighted by Crippen LogP contribution is -2.39. The third kappa shape index (κ3) is 3.79.